The van der Waals surface area contributed by atoms with Crippen molar-refractivity contribution in [1.82, 2.24) is 5.32 Å². The molecule has 1 aromatic rings. The van der Waals surface area contributed by atoms with E-state index in [1.165, 1.54) is 0 Å². The second-order valence-corrected chi connectivity index (χ2v) is 4.41. The molecule has 4 nitrogen and oxygen atoms in total. The first-order chi connectivity index (χ1) is 7.70. The highest BCUT2D eigenvalue weighted by atomic mass is 32.1. The monoisotopic (exact) mass is 243 g/mol. The van der Waals surface area contributed by atoms with E-state index < -0.39 is 12.1 Å². The largest absolute Gasteiger partial charge is 0.481 e. The van der Waals surface area contributed by atoms with E-state index in [2.05, 4.69) is 5.32 Å². The summed E-state index contributed by atoms with van der Waals surface area (Å²) in [5.74, 6) is -0.752. The van der Waals surface area contributed by atoms with Crippen molar-refractivity contribution in [3.63, 3.8) is 0 Å². The van der Waals surface area contributed by atoms with E-state index in [4.69, 9.17) is 5.11 Å². The van der Waals surface area contributed by atoms with Gasteiger partial charge in [-0.05, 0) is 41.8 Å². The molecule has 0 bridgehead atoms. The minimum atomic E-state index is -0.752. The average Bonchev–Trinajstić information content (AvgIpc) is 2.75. The van der Waals surface area contributed by atoms with Gasteiger partial charge in [-0.25, -0.2) is 0 Å². The average molecular weight is 243 g/mol. The van der Waals surface area contributed by atoms with E-state index in [-0.39, 0.29) is 6.42 Å². The lowest BCUT2D eigenvalue weighted by molar-refractivity contribution is -0.137. The Balaban J connectivity index is 2.01. The standard InChI is InChI=1S/C11H17NO3S/c13-10(9-4-6-16-8-9)7-12-5-2-1-3-11(14)15/h4,6,8,10,12-13H,1-3,5,7H2,(H,14,15). The fourth-order valence-electron chi connectivity index (χ4n) is 1.35. The lowest BCUT2D eigenvalue weighted by atomic mass is 10.2. The first-order valence-corrected chi connectivity index (χ1v) is 6.27. The summed E-state index contributed by atoms with van der Waals surface area (Å²) >= 11 is 1.57. The first kappa shape index (κ1) is 13.2. The van der Waals surface area contributed by atoms with E-state index in [0.29, 0.717) is 13.0 Å². The first-order valence-electron chi connectivity index (χ1n) is 5.33. The van der Waals surface area contributed by atoms with Crippen LogP contribution in [-0.4, -0.2) is 29.3 Å². The predicted molar refractivity (Wildman–Crippen MR) is 63.6 cm³/mol. The van der Waals surface area contributed by atoms with E-state index in [9.17, 15) is 9.90 Å². The van der Waals surface area contributed by atoms with Crippen LogP contribution in [0.1, 0.15) is 30.9 Å². The zero-order valence-electron chi connectivity index (χ0n) is 9.06. The summed E-state index contributed by atoms with van der Waals surface area (Å²) in [7, 11) is 0. The minimum Gasteiger partial charge on any atom is -0.481 e. The van der Waals surface area contributed by atoms with E-state index >= 15 is 0 Å². The maximum Gasteiger partial charge on any atom is 0.303 e. The fraction of sp³-hybridized carbons (Fsp3) is 0.545. The highest BCUT2D eigenvalue weighted by Crippen LogP contribution is 2.14. The Morgan fingerprint density at radius 1 is 1.50 bits per heavy atom. The van der Waals surface area contributed by atoms with Gasteiger partial charge in [-0.15, -0.1) is 0 Å². The van der Waals surface area contributed by atoms with Gasteiger partial charge in [0.2, 0.25) is 0 Å². The Morgan fingerprint density at radius 2 is 2.31 bits per heavy atom. The van der Waals surface area contributed by atoms with Gasteiger partial charge in [0.25, 0.3) is 0 Å². The number of carboxylic acids is 1. The molecule has 90 valence electrons. The number of aliphatic hydroxyl groups is 1. The maximum atomic E-state index is 10.2. The Kier molecular flexibility index (Phi) is 6.07. The smallest absolute Gasteiger partial charge is 0.303 e. The van der Waals surface area contributed by atoms with Crippen LogP contribution in [0.2, 0.25) is 0 Å². The third-order valence-electron chi connectivity index (χ3n) is 2.26. The van der Waals surface area contributed by atoms with Gasteiger partial charge in [-0.3, -0.25) is 4.79 Å². The number of aliphatic carboxylic acids is 1. The van der Waals surface area contributed by atoms with Crippen LogP contribution in [0, 0.1) is 0 Å². The second-order valence-electron chi connectivity index (χ2n) is 3.63. The van der Waals surface area contributed by atoms with Crippen molar-refractivity contribution in [3.8, 4) is 0 Å². The number of carboxylic acid groups (broad SMARTS) is 1. The fourth-order valence-corrected chi connectivity index (χ4v) is 2.05. The molecule has 1 aromatic heterocycles. The number of nitrogens with one attached hydrogen (secondary N) is 1. The SMILES string of the molecule is O=C(O)CCCCNCC(O)c1ccsc1. The van der Waals surface area contributed by atoms with Gasteiger partial charge in [-0.2, -0.15) is 11.3 Å². The van der Waals surface area contributed by atoms with Crippen molar-refractivity contribution in [1.29, 1.82) is 0 Å². The van der Waals surface area contributed by atoms with Crippen LogP contribution in [0.25, 0.3) is 0 Å². The van der Waals surface area contributed by atoms with Crippen molar-refractivity contribution in [2.45, 2.75) is 25.4 Å². The molecule has 1 atom stereocenters. The zero-order chi connectivity index (χ0) is 11.8. The Labute approximate surface area is 98.9 Å². The Bertz CT molecular complexity index is 300. The normalized spacial score (nSPS) is 12.6. The molecule has 0 spiro atoms. The van der Waals surface area contributed by atoms with Crippen molar-refractivity contribution >= 4 is 17.3 Å². The molecule has 3 N–H and O–H groups in total. The molecule has 0 saturated heterocycles. The molecular weight excluding hydrogens is 226 g/mol. The van der Waals surface area contributed by atoms with Gasteiger partial charge in [-0.1, -0.05) is 0 Å². The van der Waals surface area contributed by atoms with Crippen LogP contribution in [0.5, 0.6) is 0 Å². The van der Waals surface area contributed by atoms with Crippen LogP contribution in [0.4, 0.5) is 0 Å². The number of hydrogen-bond donors (Lipinski definition) is 3. The summed E-state index contributed by atoms with van der Waals surface area (Å²) in [5, 5.41) is 25.1. The molecule has 16 heavy (non-hydrogen) atoms. The number of carbonyl (C=O) groups is 1. The molecule has 0 aromatic carbocycles. The maximum absolute atomic E-state index is 10.2. The van der Waals surface area contributed by atoms with Gasteiger partial charge in [0.1, 0.15) is 0 Å². The van der Waals surface area contributed by atoms with Crippen molar-refractivity contribution < 1.29 is 15.0 Å². The zero-order valence-corrected chi connectivity index (χ0v) is 9.87. The number of aliphatic hydroxyl groups excluding tert-OH is 1. The molecule has 1 rings (SSSR count). The summed E-state index contributed by atoms with van der Waals surface area (Å²) < 4.78 is 0. The minimum absolute atomic E-state index is 0.217. The molecule has 0 radical (unpaired) electrons. The quantitative estimate of drug-likeness (QED) is 0.607. The van der Waals surface area contributed by atoms with Crippen LogP contribution in [-0.2, 0) is 4.79 Å². The van der Waals surface area contributed by atoms with Crippen LogP contribution < -0.4 is 5.32 Å². The lowest BCUT2D eigenvalue weighted by Crippen LogP contribution is -2.22. The molecule has 0 aliphatic carbocycles. The van der Waals surface area contributed by atoms with Crippen LogP contribution in [0.15, 0.2) is 16.8 Å². The van der Waals surface area contributed by atoms with Crippen molar-refractivity contribution in [2.75, 3.05) is 13.1 Å². The second kappa shape index (κ2) is 7.38. The number of hydrogen-bond acceptors (Lipinski definition) is 4. The van der Waals surface area contributed by atoms with Gasteiger partial charge in [0.15, 0.2) is 0 Å². The van der Waals surface area contributed by atoms with Gasteiger partial charge < -0.3 is 15.5 Å². The van der Waals surface area contributed by atoms with Crippen LogP contribution >= 0.6 is 11.3 Å². The van der Waals surface area contributed by atoms with E-state index in [1.54, 1.807) is 11.3 Å². The number of rotatable bonds is 8. The molecule has 1 unspecified atom stereocenters. The summed E-state index contributed by atoms with van der Waals surface area (Å²) in [6, 6.07) is 1.90. The summed E-state index contributed by atoms with van der Waals surface area (Å²) in [5.41, 5.74) is 0.933. The summed E-state index contributed by atoms with van der Waals surface area (Å²) in [6.07, 6.45) is 1.25. The molecule has 0 aliphatic rings. The molecule has 1 heterocycles. The Morgan fingerprint density at radius 3 is 2.94 bits per heavy atom. The molecule has 0 amide bonds. The molecule has 0 fully saturated rings. The molecule has 0 aliphatic heterocycles. The van der Waals surface area contributed by atoms with E-state index in [0.717, 1.165) is 18.5 Å². The number of thiophene rings is 1. The van der Waals surface area contributed by atoms with E-state index in [1.807, 2.05) is 16.8 Å². The molecule has 0 saturated carbocycles. The van der Waals surface area contributed by atoms with Gasteiger partial charge >= 0.3 is 5.97 Å². The topological polar surface area (TPSA) is 69.6 Å². The third-order valence-corrected chi connectivity index (χ3v) is 2.96. The third kappa shape index (κ3) is 5.25. The van der Waals surface area contributed by atoms with Crippen molar-refractivity contribution in [2.24, 2.45) is 0 Å². The van der Waals surface area contributed by atoms with Crippen molar-refractivity contribution in [3.05, 3.63) is 22.4 Å². The summed E-state index contributed by atoms with van der Waals surface area (Å²) in [4.78, 5) is 10.2. The predicted octanol–water partition coefficient (Wildman–Crippen LogP) is 1.63. The summed E-state index contributed by atoms with van der Waals surface area (Å²) in [6.45, 7) is 1.26. The van der Waals surface area contributed by atoms with Gasteiger partial charge in [0.05, 0.1) is 6.10 Å². The van der Waals surface area contributed by atoms with Crippen LogP contribution in [0.3, 0.4) is 0 Å². The Hall–Kier alpha value is -0.910. The number of unbranched alkanes of at least 4 members (excludes halogenated alkanes) is 1. The molecule has 5 heteroatoms. The highest BCUT2D eigenvalue weighted by molar-refractivity contribution is 7.07. The van der Waals surface area contributed by atoms with Gasteiger partial charge in [0, 0.05) is 13.0 Å². The molecular formula is C11H17NO3S. The highest BCUT2D eigenvalue weighted by Gasteiger charge is 2.06. The lowest BCUT2D eigenvalue weighted by Gasteiger charge is -2.09.